The third-order valence-electron chi connectivity index (χ3n) is 6.94. The van der Waals surface area contributed by atoms with Gasteiger partial charge in [-0.05, 0) is 82.9 Å². The summed E-state index contributed by atoms with van der Waals surface area (Å²) in [5, 5.41) is 8.45. The van der Waals surface area contributed by atoms with E-state index in [4.69, 9.17) is 14.2 Å². The van der Waals surface area contributed by atoms with E-state index in [0.717, 1.165) is 33.8 Å². The molecule has 38 heavy (non-hydrogen) atoms. The van der Waals surface area contributed by atoms with Gasteiger partial charge in [0, 0.05) is 24.1 Å². The van der Waals surface area contributed by atoms with Crippen LogP contribution < -0.4 is 25.4 Å². The Balaban J connectivity index is 2.56. The summed E-state index contributed by atoms with van der Waals surface area (Å²) < 4.78 is 16.6. The maximum atomic E-state index is 12.6. The second-order valence-corrected chi connectivity index (χ2v) is 10.5. The molecule has 216 valence electrons. The van der Waals surface area contributed by atoms with Crippen LogP contribution in [0.25, 0.3) is 0 Å². The first kappa shape index (κ1) is 33.1. The van der Waals surface area contributed by atoms with Crippen LogP contribution >= 0.6 is 0 Å². The van der Waals surface area contributed by atoms with Crippen LogP contribution in [-0.2, 0) is 20.7 Å². The first-order valence-electron chi connectivity index (χ1n) is 13.6. The SMILES string of the molecule is COc1c(C)c(C)c(OC)c(CCCOC(=O)NCCC[C@H](NC(=O)[C@@H](C)C(C)C)C(=O)NC(C)C)c1C. The van der Waals surface area contributed by atoms with Crippen molar-refractivity contribution in [2.45, 2.75) is 93.2 Å². The second kappa shape index (κ2) is 16.1. The number of benzene rings is 1. The number of hydrogen-bond donors (Lipinski definition) is 3. The van der Waals surface area contributed by atoms with Gasteiger partial charge in [-0.25, -0.2) is 4.79 Å². The van der Waals surface area contributed by atoms with Crippen LogP contribution in [0, 0.1) is 32.6 Å². The largest absolute Gasteiger partial charge is 0.496 e. The Bertz CT molecular complexity index is 945. The third kappa shape index (κ3) is 9.72. The smallest absolute Gasteiger partial charge is 0.407 e. The van der Waals surface area contributed by atoms with Gasteiger partial charge in [-0.2, -0.15) is 0 Å². The van der Waals surface area contributed by atoms with E-state index in [1.54, 1.807) is 14.2 Å². The molecule has 0 aromatic heterocycles. The second-order valence-electron chi connectivity index (χ2n) is 10.5. The maximum Gasteiger partial charge on any atom is 0.407 e. The molecule has 0 fully saturated rings. The van der Waals surface area contributed by atoms with Gasteiger partial charge in [0.05, 0.1) is 20.8 Å². The summed E-state index contributed by atoms with van der Waals surface area (Å²) in [6.07, 6.45) is 1.73. The molecule has 1 rings (SSSR count). The average molecular weight is 536 g/mol. The molecule has 0 saturated heterocycles. The zero-order valence-corrected chi connectivity index (χ0v) is 25.0. The van der Waals surface area contributed by atoms with Crippen molar-refractivity contribution in [3.05, 3.63) is 22.3 Å². The number of carbonyl (C=O) groups is 3. The van der Waals surface area contributed by atoms with Crippen molar-refractivity contribution in [2.24, 2.45) is 11.8 Å². The number of hydrogen-bond acceptors (Lipinski definition) is 6. The van der Waals surface area contributed by atoms with Gasteiger partial charge in [0.15, 0.2) is 0 Å². The van der Waals surface area contributed by atoms with E-state index >= 15 is 0 Å². The Morgan fingerprint density at radius 2 is 1.39 bits per heavy atom. The monoisotopic (exact) mass is 535 g/mol. The lowest BCUT2D eigenvalue weighted by atomic mass is 9.94. The minimum Gasteiger partial charge on any atom is -0.496 e. The van der Waals surface area contributed by atoms with Crippen molar-refractivity contribution in [1.82, 2.24) is 16.0 Å². The summed E-state index contributed by atoms with van der Waals surface area (Å²) in [5.74, 6) is 1.29. The quantitative estimate of drug-likeness (QED) is 0.287. The summed E-state index contributed by atoms with van der Waals surface area (Å²) in [7, 11) is 3.33. The molecule has 0 radical (unpaired) electrons. The average Bonchev–Trinajstić information content (AvgIpc) is 2.85. The Labute approximate surface area is 228 Å². The third-order valence-corrected chi connectivity index (χ3v) is 6.94. The molecule has 1 aromatic rings. The summed E-state index contributed by atoms with van der Waals surface area (Å²) in [6.45, 7) is 16.2. The molecule has 3 N–H and O–H groups in total. The number of ether oxygens (including phenoxy) is 3. The van der Waals surface area contributed by atoms with Crippen LogP contribution in [0.3, 0.4) is 0 Å². The van der Waals surface area contributed by atoms with Gasteiger partial charge in [-0.1, -0.05) is 20.8 Å². The highest BCUT2D eigenvalue weighted by atomic mass is 16.5. The topological polar surface area (TPSA) is 115 Å². The number of nitrogens with one attached hydrogen (secondary N) is 3. The molecule has 0 aliphatic rings. The van der Waals surface area contributed by atoms with E-state index in [-0.39, 0.29) is 36.3 Å². The van der Waals surface area contributed by atoms with E-state index in [1.165, 1.54) is 0 Å². The van der Waals surface area contributed by atoms with Gasteiger partial charge in [-0.15, -0.1) is 0 Å². The van der Waals surface area contributed by atoms with Crippen molar-refractivity contribution < 1.29 is 28.6 Å². The Morgan fingerprint density at radius 1 is 0.789 bits per heavy atom. The minimum atomic E-state index is -0.655. The van der Waals surface area contributed by atoms with Gasteiger partial charge in [0.1, 0.15) is 17.5 Å². The van der Waals surface area contributed by atoms with Crippen LogP contribution in [0.1, 0.15) is 76.1 Å². The number of carbonyl (C=O) groups excluding carboxylic acids is 3. The lowest BCUT2D eigenvalue weighted by Crippen LogP contribution is -2.50. The molecule has 9 heteroatoms. The molecule has 3 amide bonds. The summed E-state index contributed by atoms with van der Waals surface area (Å²) >= 11 is 0. The van der Waals surface area contributed by atoms with Crippen molar-refractivity contribution in [1.29, 1.82) is 0 Å². The fourth-order valence-electron chi connectivity index (χ4n) is 4.26. The standard InChI is InChI=1S/C29H49N3O6/c1-17(2)19(5)27(33)32-24(28(34)31-18(3)4)14-11-15-30-29(35)38-16-12-13-23-22(8)25(36-9)20(6)21(7)26(23)37-10/h17-19,24H,11-16H2,1-10H3,(H,30,35)(H,31,34)(H,32,33)/t19-,24-/m0/s1. The molecular weight excluding hydrogens is 486 g/mol. The van der Waals surface area contributed by atoms with Gasteiger partial charge in [0.25, 0.3) is 0 Å². The Morgan fingerprint density at radius 3 is 1.95 bits per heavy atom. The molecular formula is C29H49N3O6. The molecule has 0 aliphatic heterocycles. The van der Waals surface area contributed by atoms with E-state index in [2.05, 4.69) is 16.0 Å². The van der Waals surface area contributed by atoms with Crippen molar-refractivity contribution >= 4 is 17.9 Å². The summed E-state index contributed by atoms with van der Waals surface area (Å²) in [5.41, 5.74) is 4.18. The molecule has 0 heterocycles. The van der Waals surface area contributed by atoms with E-state index in [0.29, 0.717) is 32.2 Å². The number of alkyl carbamates (subject to hydrolysis) is 1. The number of methoxy groups -OCH3 is 2. The summed E-state index contributed by atoms with van der Waals surface area (Å²) in [4.78, 5) is 37.3. The highest BCUT2D eigenvalue weighted by Gasteiger charge is 2.25. The van der Waals surface area contributed by atoms with Crippen molar-refractivity contribution in [3.63, 3.8) is 0 Å². The highest BCUT2D eigenvalue weighted by Crippen LogP contribution is 2.38. The fraction of sp³-hybridized carbons (Fsp3) is 0.690. The molecule has 0 saturated carbocycles. The molecule has 1 aromatic carbocycles. The van der Waals surface area contributed by atoms with Crippen LogP contribution in [0.5, 0.6) is 11.5 Å². The van der Waals surface area contributed by atoms with Gasteiger partial charge < -0.3 is 30.2 Å². The normalized spacial score (nSPS) is 12.6. The first-order chi connectivity index (χ1) is 17.8. The molecule has 0 unspecified atom stereocenters. The van der Waals surface area contributed by atoms with Crippen LogP contribution in [-0.4, -0.2) is 57.4 Å². The zero-order valence-electron chi connectivity index (χ0n) is 25.0. The highest BCUT2D eigenvalue weighted by molar-refractivity contribution is 5.88. The molecule has 0 spiro atoms. The van der Waals surface area contributed by atoms with Crippen LogP contribution in [0.2, 0.25) is 0 Å². The van der Waals surface area contributed by atoms with Gasteiger partial charge >= 0.3 is 6.09 Å². The Hall–Kier alpha value is -2.97. The van der Waals surface area contributed by atoms with E-state index in [1.807, 2.05) is 55.4 Å². The number of rotatable bonds is 15. The Kier molecular flexibility index (Phi) is 14.0. The van der Waals surface area contributed by atoms with Gasteiger partial charge in [-0.3, -0.25) is 9.59 Å². The van der Waals surface area contributed by atoms with E-state index in [9.17, 15) is 14.4 Å². The lowest BCUT2D eigenvalue weighted by molar-refractivity contribution is -0.132. The molecule has 0 bridgehead atoms. The first-order valence-corrected chi connectivity index (χ1v) is 13.6. The predicted octanol–water partition coefficient (Wildman–Crippen LogP) is 4.37. The molecule has 2 atom stereocenters. The minimum absolute atomic E-state index is 0.0359. The molecule has 0 aliphatic carbocycles. The molecule has 9 nitrogen and oxygen atoms in total. The summed E-state index contributed by atoms with van der Waals surface area (Å²) in [6, 6.07) is -0.691. The number of amides is 3. The maximum absolute atomic E-state index is 12.6. The van der Waals surface area contributed by atoms with Gasteiger partial charge in [0.2, 0.25) is 11.8 Å². The van der Waals surface area contributed by atoms with Crippen molar-refractivity contribution in [3.8, 4) is 11.5 Å². The lowest BCUT2D eigenvalue weighted by Gasteiger charge is -2.23. The van der Waals surface area contributed by atoms with Crippen molar-refractivity contribution in [2.75, 3.05) is 27.4 Å². The fourth-order valence-corrected chi connectivity index (χ4v) is 4.26. The van der Waals surface area contributed by atoms with Crippen LogP contribution in [0.15, 0.2) is 0 Å². The van der Waals surface area contributed by atoms with Crippen LogP contribution in [0.4, 0.5) is 4.79 Å². The zero-order chi connectivity index (χ0) is 29.0. The predicted molar refractivity (Wildman–Crippen MR) is 150 cm³/mol. The van der Waals surface area contributed by atoms with E-state index < -0.39 is 12.1 Å².